The molecule has 0 atom stereocenters. The van der Waals surface area contributed by atoms with E-state index < -0.39 is 0 Å². The van der Waals surface area contributed by atoms with Crippen molar-refractivity contribution in [2.75, 3.05) is 12.4 Å². The van der Waals surface area contributed by atoms with E-state index >= 15 is 0 Å². The van der Waals surface area contributed by atoms with E-state index in [0.29, 0.717) is 18.4 Å². The minimum Gasteiger partial charge on any atom is -0.496 e. The molecule has 1 aromatic carbocycles. The van der Waals surface area contributed by atoms with Crippen molar-refractivity contribution in [1.82, 2.24) is 9.97 Å². The van der Waals surface area contributed by atoms with Crippen LogP contribution in [0.5, 0.6) is 5.75 Å². The number of benzene rings is 1. The van der Waals surface area contributed by atoms with Gasteiger partial charge in [0.05, 0.1) is 7.11 Å². The van der Waals surface area contributed by atoms with Crippen molar-refractivity contribution in [2.45, 2.75) is 33.2 Å². The van der Waals surface area contributed by atoms with Crippen LogP contribution < -0.4 is 10.1 Å². The summed E-state index contributed by atoms with van der Waals surface area (Å²) in [6.45, 7) is 6.89. The molecule has 2 aromatic rings. The predicted octanol–water partition coefficient (Wildman–Crippen LogP) is 3.53. The average molecular weight is 271 g/mol. The Labute approximate surface area is 120 Å². The van der Waals surface area contributed by atoms with Gasteiger partial charge in [0.15, 0.2) is 0 Å². The van der Waals surface area contributed by atoms with Crippen molar-refractivity contribution in [3.8, 4) is 5.75 Å². The number of nitrogens with zero attached hydrogens (tertiary/aromatic N) is 2. The summed E-state index contributed by atoms with van der Waals surface area (Å²) in [5.74, 6) is 1.93. The number of ether oxygens (including phenoxy) is 1. The van der Waals surface area contributed by atoms with Gasteiger partial charge >= 0.3 is 0 Å². The molecule has 0 saturated carbocycles. The Morgan fingerprint density at radius 1 is 1.20 bits per heavy atom. The molecule has 0 saturated heterocycles. The second-order valence-corrected chi connectivity index (χ2v) is 5.08. The second kappa shape index (κ2) is 6.37. The molecule has 1 aromatic heterocycles. The molecule has 0 amide bonds. The third kappa shape index (κ3) is 3.47. The molecule has 20 heavy (non-hydrogen) atoms. The molecule has 0 fully saturated rings. The van der Waals surface area contributed by atoms with Gasteiger partial charge in [-0.3, -0.25) is 0 Å². The summed E-state index contributed by atoms with van der Waals surface area (Å²) in [5, 5.41) is 3.27. The SMILES string of the molecule is COc1ccccc1CNc1nc(C)cc(C(C)C)n1. The fourth-order valence-electron chi connectivity index (χ4n) is 1.99. The predicted molar refractivity (Wildman–Crippen MR) is 81.2 cm³/mol. The fraction of sp³-hybridized carbons (Fsp3) is 0.375. The van der Waals surface area contributed by atoms with Gasteiger partial charge in [0.1, 0.15) is 5.75 Å². The number of anilines is 1. The Morgan fingerprint density at radius 2 is 1.95 bits per heavy atom. The molecule has 0 aliphatic rings. The van der Waals surface area contributed by atoms with E-state index in [1.165, 1.54) is 0 Å². The van der Waals surface area contributed by atoms with Gasteiger partial charge < -0.3 is 10.1 Å². The van der Waals surface area contributed by atoms with Gasteiger partial charge in [-0.1, -0.05) is 32.0 Å². The van der Waals surface area contributed by atoms with Crippen LogP contribution in [0, 0.1) is 6.92 Å². The first-order valence-electron chi connectivity index (χ1n) is 6.81. The van der Waals surface area contributed by atoms with Gasteiger partial charge in [-0.25, -0.2) is 9.97 Å². The highest BCUT2D eigenvalue weighted by Gasteiger charge is 2.07. The van der Waals surface area contributed by atoms with Crippen LogP contribution in [0.4, 0.5) is 5.95 Å². The van der Waals surface area contributed by atoms with Crippen molar-refractivity contribution >= 4 is 5.95 Å². The highest BCUT2D eigenvalue weighted by atomic mass is 16.5. The summed E-state index contributed by atoms with van der Waals surface area (Å²) in [6, 6.07) is 9.97. The Kier molecular flexibility index (Phi) is 4.56. The summed E-state index contributed by atoms with van der Waals surface area (Å²) in [6.07, 6.45) is 0. The van der Waals surface area contributed by atoms with E-state index in [-0.39, 0.29) is 0 Å². The second-order valence-electron chi connectivity index (χ2n) is 5.08. The Balaban J connectivity index is 2.14. The van der Waals surface area contributed by atoms with Gasteiger partial charge in [0.2, 0.25) is 5.95 Å². The van der Waals surface area contributed by atoms with E-state index in [1.807, 2.05) is 37.3 Å². The van der Waals surface area contributed by atoms with Crippen LogP contribution in [-0.2, 0) is 6.54 Å². The number of aryl methyl sites for hydroxylation is 1. The van der Waals surface area contributed by atoms with Crippen LogP contribution in [0.2, 0.25) is 0 Å². The topological polar surface area (TPSA) is 47.0 Å². The molecule has 0 aliphatic carbocycles. The maximum absolute atomic E-state index is 5.34. The molecule has 0 radical (unpaired) electrons. The Bertz CT molecular complexity index is 582. The maximum atomic E-state index is 5.34. The molecule has 4 heteroatoms. The summed E-state index contributed by atoms with van der Waals surface area (Å²) >= 11 is 0. The lowest BCUT2D eigenvalue weighted by atomic mass is 10.1. The molecule has 1 heterocycles. The molecule has 1 N–H and O–H groups in total. The lowest BCUT2D eigenvalue weighted by molar-refractivity contribution is 0.410. The van der Waals surface area contributed by atoms with E-state index in [0.717, 1.165) is 22.7 Å². The summed E-state index contributed by atoms with van der Waals surface area (Å²) < 4.78 is 5.34. The Hall–Kier alpha value is -2.10. The minimum absolute atomic E-state index is 0.392. The third-order valence-electron chi connectivity index (χ3n) is 3.10. The van der Waals surface area contributed by atoms with Crippen molar-refractivity contribution in [2.24, 2.45) is 0 Å². The number of para-hydroxylation sites is 1. The molecule has 2 rings (SSSR count). The van der Waals surface area contributed by atoms with Crippen molar-refractivity contribution < 1.29 is 4.74 Å². The number of nitrogens with one attached hydrogen (secondary N) is 1. The van der Waals surface area contributed by atoms with E-state index in [1.54, 1.807) is 7.11 Å². The first-order valence-corrected chi connectivity index (χ1v) is 6.81. The van der Waals surface area contributed by atoms with Crippen molar-refractivity contribution in [1.29, 1.82) is 0 Å². The zero-order valence-electron chi connectivity index (χ0n) is 12.5. The maximum Gasteiger partial charge on any atom is 0.223 e. The number of hydrogen-bond donors (Lipinski definition) is 1. The highest BCUT2D eigenvalue weighted by molar-refractivity contribution is 5.37. The molecule has 0 spiro atoms. The number of aromatic nitrogens is 2. The van der Waals surface area contributed by atoms with E-state index in [4.69, 9.17) is 4.74 Å². The molecular weight excluding hydrogens is 250 g/mol. The molecule has 4 nitrogen and oxygen atoms in total. The van der Waals surface area contributed by atoms with Crippen LogP contribution in [0.1, 0.15) is 36.7 Å². The normalized spacial score (nSPS) is 10.7. The lowest BCUT2D eigenvalue weighted by Crippen LogP contribution is -2.07. The smallest absolute Gasteiger partial charge is 0.223 e. The van der Waals surface area contributed by atoms with Crippen molar-refractivity contribution in [3.63, 3.8) is 0 Å². The zero-order valence-corrected chi connectivity index (χ0v) is 12.5. The monoisotopic (exact) mass is 271 g/mol. The highest BCUT2D eigenvalue weighted by Crippen LogP contribution is 2.19. The largest absolute Gasteiger partial charge is 0.496 e. The standard InChI is InChI=1S/C16H21N3O/c1-11(2)14-9-12(3)18-16(19-14)17-10-13-7-5-6-8-15(13)20-4/h5-9,11H,10H2,1-4H3,(H,17,18,19). The van der Waals surface area contributed by atoms with Crippen LogP contribution >= 0.6 is 0 Å². The lowest BCUT2D eigenvalue weighted by Gasteiger charge is -2.12. The van der Waals surface area contributed by atoms with E-state index in [9.17, 15) is 0 Å². The van der Waals surface area contributed by atoms with Gasteiger partial charge in [-0.2, -0.15) is 0 Å². The fourth-order valence-corrected chi connectivity index (χ4v) is 1.99. The Morgan fingerprint density at radius 3 is 2.65 bits per heavy atom. The summed E-state index contributed by atoms with van der Waals surface area (Å²) in [4.78, 5) is 8.96. The van der Waals surface area contributed by atoms with Crippen LogP contribution in [0.15, 0.2) is 30.3 Å². The summed E-state index contributed by atoms with van der Waals surface area (Å²) in [5.41, 5.74) is 3.12. The van der Waals surface area contributed by atoms with Gasteiger partial charge in [0, 0.05) is 23.5 Å². The van der Waals surface area contributed by atoms with Crippen LogP contribution in [0.25, 0.3) is 0 Å². The van der Waals surface area contributed by atoms with Crippen molar-refractivity contribution in [3.05, 3.63) is 47.3 Å². The number of methoxy groups -OCH3 is 1. The van der Waals surface area contributed by atoms with Gasteiger partial charge in [-0.15, -0.1) is 0 Å². The average Bonchev–Trinajstić information content (AvgIpc) is 2.44. The zero-order chi connectivity index (χ0) is 14.5. The summed E-state index contributed by atoms with van der Waals surface area (Å²) in [7, 11) is 1.68. The third-order valence-corrected chi connectivity index (χ3v) is 3.10. The quantitative estimate of drug-likeness (QED) is 0.903. The number of rotatable bonds is 5. The number of hydrogen-bond acceptors (Lipinski definition) is 4. The van der Waals surface area contributed by atoms with E-state index in [2.05, 4.69) is 29.1 Å². The van der Waals surface area contributed by atoms with Gasteiger partial charge in [-0.05, 0) is 25.0 Å². The van der Waals surface area contributed by atoms with Gasteiger partial charge in [0.25, 0.3) is 0 Å². The minimum atomic E-state index is 0.392. The molecule has 0 bridgehead atoms. The van der Waals surface area contributed by atoms with Crippen LogP contribution in [-0.4, -0.2) is 17.1 Å². The van der Waals surface area contributed by atoms with Crippen LogP contribution in [0.3, 0.4) is 0 Å². The molecular formula is C16H21N3O. The molecule has 0 unspecified atom stereocenters. The molecule has 0 aliphatic heterocycles. The molecule has 106 valence electrons. The first kappa shape index (κ1) is 14.3. The first-order chi connectivity index (χ1) is 9.60.